The zero-order valence-electron chi connectivity index (χ0n) is 20.3. The number of ether oxygens (including phenoxy) is 2. The van der Waals surface area contributed by atoms with Gasteiger partial charge in [-0.3, -0.25) is 9.59 Å². The molecule has 0 aliphatic heterocycles. The molecule has 1 aliphatic carbocycles. The summed E-state index contributed by atoms with van der Waals surface area (Å²) < 4.78 is 10.4. The molecule has 184 valence electrons. The summed E-state index contributed by atoms with van der Waals surface area (Å²) in [6, 6.07) is 6.46. The van der Waals surface area contributed by atoms with Gasteiger partial charge in [0.1, 0.15) is 5.69 Å². The molecule has 2 amide bonds. The molecule has 1 atom stereocenters. The molecule has 2 aromatic rings. The third kappa shape index (κ3) is 6.32. The molecule has 1 aromatic carbocycles. The molecule has 0 saturated heterocycles. The molecule has 1 heterocycles. The first-order chi connectivity index (χ1) is 16.6. The second kappa shape index (κ2) is 10.9. The highest BCUT2D eigenvalue weighted by atomic mass is 16.7. The zero-order valence-corrected chi connectivity index (χ0v) is 20.3. The zero-order chi connectivity index (χ0) is 25.7. The summed E-state index contributed by atoms with van der Waals surface area (Å²) in [6.45, 7) is 7.54. The number of aryl methyl sites for hydroxylation is 1. The maximum atomic E-state index is 13.1. The predicted octanol–water partition coefficient (Wildman–Crippen LogP) is 3.85. The highest BCUT2D eigenvalue weighted by Crippen LogP contribution is 2.30. The Balaban J connectivity index is 2.01. The summed E-state index contributed by atoms with van der Waals surface area (Å²) in [7, 11) is 2.99. The molecule has 0 spiro atoms. The van der Waals surface area contributed by atoms with Gasteiger partial charge in [0.2, 0.25) is 6.29 Å². The van der Waals surface area contributed by atoms with Crippen molar-refractivity contribution in [1.82, 2.24) is 15.2 Å². The van der Waals surface area contributed by atoms with Crippen molar-refractivity contribution in [1.29, 1.82) is 0 Å². The van der Waals surface area contributed by atoms with Crippen molar-refractivity contribution >= 4 is 30.3 Å². The van der Waals surface area contributed by atoms with Gasteiger partial charge in [-0.05, 0) is 60.6 Å². The van der Waals surface area contributed by atoms with Crippen LogP contribution >= 0.6 is 0 Å². The monoisotopic (exact) mass is 479 g/mol. The molecule has 1 aromatic heterocycles. The van der Waals surface area contributed by atoms with Gasteiger partial charge in [-0.15, -0.1) is 0 Å². The Bertz CT molecular complexity index is 1170. The highest BCUT2D eigenvalue weighted by Gasteiger charge is 2.26. The van der Waals surface area contributed by atoms with Gasteiger partial charge >= 0.3 is 12.1 Å². The number of benzene rings is 1. The molecule has 9 heteroatoms. The largest absolute Gasteiger partial charge is 0.421 e. The predicted molar refractivity (Wildman–Crippen MR) is 130 cm³/mol. The number of rotatable bonds is 9. The van der Waals surface area contributed by atoms with Gasteiger partial charge in [0.05, 0.1) is 0 Å². The van der Waals surface area contributed by atoms with Crippen LogP contribution in [-0.4, -0.2) is 61.1 Å². The second-order valence-corrected chi connectivity index (χ2v) is 8.62. The van der Waals surface area contributed by atoms with Crippen LogP contribution in [0.15, 0.2) is 30.8 Å². The topological polar surface area (TPSA) is 115 Å². The molecular weight excluding hydrogens is 450 g/mol. The van der Waals surface area contributed by atoms with Crippen molar-refractivity contribution < 1.29 is 28.7 Å². The fourth-order valence-electron chi connectivity index (χ4n) is 3.38. The summed E-state index contributed by atoms with van der Waals surface area (Å²) >= 11 is 0. The Morgan fingerprint density at radius 3 is 2.49 bits per heavy atom. The summed E-state index contributed by atoms with van der Waals surface area (Å²) in [6.07, 6.45) is 2.55. The van der Waals surface area contributed by atoms with E-state index in [4.69, 9.17) is 9.47 Å². The molecule has 1 saturated carbocycles. The lowest BCUT2D eigenvalue weighted by molar-refractivity contribution is -0.0668. The number of aromatic nitrogens is 1. The minimum absolute atomic E-state index is 0.0337. The van der Waals surface area contributed by atoms with Crippen LogP contribution in [0.2, 0.25) is 0 Å². The Morgan fingerprint density at radius 2 is 1.89 bits per heavy atom. The Kier molecular flexibility index (Phi) is 8.01. The van der Waals surface area contributed by atoms with Crippen LogP contribution in [0.4, 0.5) is 4.79 Å². The van der Waals surface area contributed by atoms with E-state index in [-0.39, 0.29) is 11.4 Å². The number of amides is 2. The van der Waals surface area contributed by atoms with Crippen molar-refractivity contribution in [2.45, 2.75) is 33.0 Å². The smallest absolute Gasteiger partial charge is 0.412 e. The standard InChI is InChI=1S/C26H29N3O6/c1-6-18-12-19(14-30)21(11-15(18)2)20-9-10-22(24(31)27-13-17-7-8-17)28-23(20)25(32)34-16(3)35-26(33)29(4)5/h6,9-12,14,16-17H,1,7-8,13H2,2-5H3,(H,27,31). The number of nitrogens with one attached hydrogen (secondary N) is 1. The lowest BCUT2D eigenvalue weighted by Gasteiger charge is -2.18. The van der Waals surface area contributed by atoms with Crippen molar-refractivity contribution in [3.63, 3.8) is 0 Å². The molecule has 1 fully saturated rings. The van der Waals surface area contributed by atoms with Gasteiger partial charge in [-0.2, -0.15) is 0 Å². The first-order valence-electron chi connectivity index (χ1n) is 11.2. The Hall–Kier alpha value is -4.01. The molecular formula is C26H29N3O6. The SMILES string of the molecule is C=Cc1cc(C=O)c(-c2ccc(C(=O)NCC3CC3)nc2C(=O)OC(C)OC(=O)N(C)C)cc1C. The number of esters is 1. The number of hydrogen-bond acceptors (Lipinski definition) is 7. The van der Waals surface area contributed by atoms with E-state index in [1.807, 2.05) is 6.92 Å². The normalized spacial score (nSPS) is 13.4. The van der Waals surface area contributed by atoms with Gasteiger partial charge in [-0.1, -0.05) is 18.7 Å². The molecule has 1 aliphatic rings. The van der Waals surface area contributed by atoms with E-state index in [1.54, 1.807) is 24.3 Å². The maximum absolute atomic E-state index is 13.1. The van der Waals surface area contributed by atoms with Crippen LogP contribution in [0, 0.1) is 12.8 Å². The minimum atomic E-state index is -1.21. The molecule has 1 unspecified atom stereocenters. The molecule has 3 rings (SSSR count). The number of nitrogens with zero attached hydrogens (tertiary/aromatic N) is 2. The molecule has 9 nitrogen and oxygen atoms in total. The third-order valence-electron chi connectivity index (χ3n) is 5.55. The average Bonchev–Trinajstić information content (AvgIpc) is 3.66. The Labute approximate surface area is 204 Å². The molecule has 1 N–H and O–H groups in total. The van der Waals surface area contributed by atoms with E-state index >= 15 is 0 Å². The van der Waals surface area contributed by atoms with Gasteiger partial charge < -0.3 is 19.7 Å². The van der Waals surface area contributed by atoms with Gasteiger partial charge in [0.15, 0.2) is 12.0 Å². The maximum Gasteiger partial charge on any atom is 0.412 e. The van der Waals surface area contributed by atoms with Crippen LogP contribution in [0.1, 0.15) is 62.2 Å². The fraction of sp³-hybridized carbons (Fsp3) is 0.346. The summed E-state index contributed by atoms with van der Waals surface area (Å²) in [4.78, 5) is 54.9. The van der Waals surface area contributed by atoms with E-state index in [1.165, 1.54) is 32.0 Å². The van der Waals surface area contributed by atoms with Crippen LogP contribution in [0.3, 0.4) is 0 Å². The van der Waals surface area contributed by atoms with Crippen molar-refractivity contribution in [3.8, 4) is 11.1 Å². The summed E-state index contributed by atoms with van der Waals surface area (Å²) in [5.74, 6) is -0.854. The van der Waals surface area contributed by atoms with Crippen molar-refractivity contribution in [3.05, 3.63) is 58.9 Å². The average molecular weight is 480 g/mol. The lowest BCUT2D eigenvalue weighted by Crippen LogP contribution is -2.30. The van der Waals surface area contributed by atoms with E-state index in [9.17, 15) is 19.2 Å². The van der Waals surface area contributed by atoms with Crippen molar-refractivity contribution in [2.75, 3.05) is 20.6 Å². The van der Waals surface area contributed by atoms with E-state index in [2.05, 4.69) is 16.9 Å². The summed E-state index contributed by atoms with van der Waals surface area (Å²) in [5.41, 5.74) is 2.54. The van der Waals surface area contributed by atoms with Crippen LogP contribution in [-0.2, 0) is 9.47 Å². The third-order valence-corrected chi connectivity index (χ3v) is 5.55. The van der Waals surface area contributed by atoms with E-state index in [0.29, 0.717) is 35.4 Å². The van der Waals surface area contributed by atoms with Crippen molar-refractivity contribution in [2.24, 2.45) is 5.92 Å². The van der Waals surface area contributed by atoms with Gasteiger partial charge in [-0.25, -0.2) is 14.6 Å². The quantitative estimate of drug-likeness (QED) is 0.330. The second-order valence-electron chi connectivity index (χ2n) is 8.62. The van der Waals surface area contributed by atoms with Crippen LogP contribution in [0.5, 0.6) is 0 Å². The van der Waals surface area contributed by atoms with Gasteiger partial charge in [0.25, 0.3) is 5.91 Å². The van der Waals surface area contributed by atoms with Crippen LogP contribution in [0.25, 0.3) is 17.2 Å². The highest BCUT2D eigenvalue weighted by molar-refractivity contribution is 6.01. The number of carbonyl (C=O) groups is 4. The molecule has 0 radical (unpaired) electrons. The van der Waals surface area contributed by atoms with Gasteiger partial charge in [0, 0.05) is 38.7 Å². The number of hydrogen-bond donors (Lipinski definition) is 1. The molecule has 0 bridgehead atoms. The first kappa shape index (κ1) is 25.6. The number of carbonyl (C=O) groups excluding carboxylic acids is 4. The van der Waals surface area contributed by atoms with E-state index in [0.717, 1.165) is 24.0 Å². The van der Waals surface area contributed by atoms with Crippen LogP contribution < -0.4 is 5.32 Å². The summed E-state index contributed by atoms with van der Waals surface area (Å²) in [5, 5.41) is 2.82. The Morgan fingerprint density at radius 1 is 1.17 bits per heavy atom. The molecule has 35 heavy (non-hydrogen) atoms. The number of aldehydes is 1. The first-order valence-corrected chi connectivity index (χ1v) is 11.2. The van der Waals surface area contributed by atoms with E-state index < -0.39 is 24.3 Å². The number of pyridine rings is 1. The lowest BCUT2D eigenvalue weighted by atomic mass is 9.93. The minimum Gasteiger partial charge on any atom is -0.421 e. The fourth-order valence-corrected chi connectivity index (χ4v) is 3.38.